The van der Waals surface area contributed by atoms with Crippen molar-refractivity contribution in [1.82, 2.24) is 0 Å². The molecular weight excluding hydrogens is 157 g/mol. The molecule has 1 aromatic rings. The molecule has 0 amide bonds. The summed E-state index contributed by atoms with van der Waals surface area (Å²) >= 11 is 0. The Balaban J connectivity index is 3.31. The van der Waals surface area contributed by atoms with E-state index in [1.807, 2.05) is 0 Å². The molecule has 0 unspecified atom stereocenters. The van der Waals surface area contributed by atoms with Gasteiger partial charge in [0.15, 0.2) is 23.1 Å². The minimum Gasteiger partial charge on any atom is -0.502 e. The van der Waals surface area contributed by atoms with Crippen LogP contribution in [0.2, 0.25) is 0 Å². The second-order valence-corrected chi connectivity index (χ2v) is 1.87. The van der Waals surface area contributed by atoms with Gasteiger partial charge in [-0.2, -0.15) is 0 Å². The van der Waals surface area contributed by atoms with E-state index in [2.05, 4.69) is 0 Å². The highest BCUT2D eigenvalue weighted by molar-refractivity contribution is 5.29. The van der Waals surface area contributed by atoms with E-state index in [-0.39, 0.29) is 5.69 Å². The van der Waals surface area contributed by atoms with Gasteiger partial charge in [-0.15, -0.1) is 0 Å². The third-order valence-corrected chi connectivity index (χ3v) is 1.11. The maximum atomic E-state index is 12.3. The molecule has 0 atom stereocenters. The highest BCUT2D eigenvalue weighted by Crippen LogP contribution is 2.13. The van der Waals surface area contributed by atoms with Crippen LogP contribution in [0.5, 0.6) is 0 Å². The lowest BCUT2D eigenvalue weighted by molar-refractivity contribution is -0.380. The van der Waals surface area contributed by atoms with Gasteiger partial charge >= 0.3 is 0 Å². The average Bonchev–Trinajstić information content (AvgIpc) is 1.99. The van der Waals surface area contributed by atoms with Crippen molar-refractivity contribution in [3.8, 4) is 0 Å². The van der Waals surface area contributed by atoms with Gasteiger partial charge in [0.2, 0.25) is 0 Å². The van der Waals surface area contributed by atoms with E-state index < -0.39 is 17.5 Å². The maximum Gasteiger partial charge on any atom is 0.198 e. The van der Waals surface area contributed by atoms with Crippen LogP contribution in [0.3, 0.4) is 0 Å². The molecule has 0 saturated carbocycles. The van der Waals surface area contributed by atoms with Crippen LogP contribution in [-0.2, 0) is 0 Å². The third kappa shape index (κ3) is 1.36. The summed E-state index contributed by atoms with van der Waals surface area (Å²) < 4.78 is 36.7. The number of benzene rings is 1. The summed E-state index contributed by atoms with van der Waals surface area (Å²) in [5.74, 6) is -4.24. The Kier molecular flexibility index (Phi) is 1.89. The molecule has 0 spiro atoms. The molecule has 1 N–H and O–H groups in total. The first-order chi connectivity index (χ1) is 5.15. The van der Waals surface area contributed by atoms with Gasteiger partial charge in [-0.3, -0.25) is 5.11 Å². The molecule has 0 aliphatic rings. The fourth-order valence-corrected chi connectivity index (χ4v) is 0.620. The summed E-state index contributed by atoms with van der Waals surface area (Å²) in [7, 11) is 0. The molecule has 0 heterocycles. The van der Waals surface area contributed by atoms with Gasteiger partial charge in [-0.25, -0.2) is 13.2 Å². The molecule has 58 valence electrons. The molecule has 0 saturated heterocycles. The minimum absolute atomic E-state index is 0.235. The molecule has 0 bridgehead atoms. The lowest BCUT2D eigenvalue weighted by atomic mass is 10.3. The molecule has 5 heteroatoms. The number of hydrogen-bond acceptors (Lipinski definition) is 0. The Labute approximate surface area is 60.2 Å². The zero-order valence-corrected chi connectivity index (χ0v) is 5.24. The lowest BCUT2D eigenvalue weighted by Crippen LogP contribution is -2.54. The Bertz CT molecular complexity index is 275. The molecule has 0 aromatic heterocycles. The van der Waals surface area contributed by atoms with Gasteiger partial charge in [0.05, 0.1) is 0 Å². The van der Waals surface area contributed by atoms with Crippen molar-refractivity contribution in [2.24, 2.45) is 0 Å². The van der Waals surface area contributed by atoms with E-state index in [4.69, 9.17) is 5.53 Å². The average molecular weight is 160 g/mol. The van der Waals surface area contributed by atoms with E-state index in [1.165, 1.54) is 5.11 Å². The normalized spacial score (nSPS) is 9.73. The number of nitrogens with one attached hydrogen (secondary N) is 1. The van der Waals surface area contributed by atoms with E-state index >= 15 is 0 Å². The fraction of sp³-hybridized carbons (Fsp3) is 0. The Morgan fingerprint density at radius 2 is 1.55 bits per heavy atom. The summed E-state index contributed by atoms with van der Waals surface area (Å²) in [6.45, 7) is 0. The molecular formula is C6H3F3N2. The molecule has 0 aliphatic carbocycles. The predicted octanol–water partition coefficient (Wildman–Crippen LogP) is 0.838. The van der Waals surface area contributed by atoms with Crippen LogP contribution in [0.1, 0.15) is 0 Å². The smallest absolute Gasteiger partial charge is 0.198 e. The van der Waals surface area contributed by atoms with Crippen molar-refractivity contribution in [1.29, 1.82) is 0 Å². The van der Waals surface area contributed by atoms with Gasteiger partial charge in [0.1, 0.15) is 0 Å². The Morgan fingerprint density at radius 3 is 1.91 bits per heavy atom. The molecule has 0 radical (unpaired) electrons. The Hall–Kier alpha value is -1.39. The minimum atomic E-state index is -1.55. The van der Waals surface area contributed by atoms with Gasteiger partial charge in [-0.1, -0.05) is 0 Å². The third-order valence-electron chi connectivity index (χ3n) is 1.11. The van der Waals surface area contributed by atoms with Crippen LogP contribution in [0.25, 0.3) is 5.53 Å². The molecule has 2 nitrogen and oxygen atoms in total. The predicted molar refractivity (Wildman–Crippen MR) is 30.3 cm³/mol. The second-order valence-electron chi connectivity index (χ2n) is 1.87. The quantitative estimate of drug-likeness (QED) is 0.466. The standard InChI is InChI=1S/C6H3F3N2/c7-4-1-3(11-10)2-5(8)6(4)9/h1-2,11H. The summed E-state index contributed by atoms with van der Waals surface area (Å²) in [5.41, 5.74) is 7.94. The van der Waals surface area contributed by atoms with Crippen molar-refractivity contribution in [2.75, 3.05) is 0 Å². The first-order valence-corrected chi connectivity index (χ1v) is 2.70. The van der Waals surface area contributed by atoms with Crippen molar-refractivity contribution in [3.63, 3.8) is 0 Å². The number of nitrogens with zero attached hydrogens (tertiary/aromatic N) is 1. The zero-order chi connectivity index (χ0) is 8.43. The monoisotopic (exact) mass is 160 g/mol. The van der Waals surface area contributed by atoms with Crippen LogP contribution >= 0.6 is 0 Å². The first-order valence-electron chi connectivity index (χ1n) is 2.70. The summed E-state index contributed by atoms with van der Waals surface area (Å²) in [6, 6.07) is 1.27. The topological polar surface area (TPSA) is 36.3 Å². The van der Waals surface area contributed by atoms with Gasteiger partial charge in [0.25, 0.3) is 0 Å². The van der Waals surface area contributed by atoms with Crippen molar-refractivity contribution >= 4 is 5.69 Å². The van der Waals surface area contributed by atoms with Gasteiger partial charge < -0.3 is 5.53 Å². The van der Waals surface area contributed by atoms with Crippen LogP contribution < -0.4 is 5.11 Å². The van der Waals surface area contributed by atoms with E-state index in [0.717, 1.165) is 0 Å². The van der Waals surface area contributed by atoms with Crippen LogP contribution in [0.15, 0.2) is 12.1 Å². The van der Waals surface area contributed by atoms with Crippen LogP contribution in [0, 0.1) is 17.5 Å². The van der Waals surface area contributed by atoms with Crippen LogP contribution in [0.4, 0.5) is 18.9 Å². The largest absolute Gasteiger partial charge is 0.502 e. The molecule has 1 aromatic carbocycles. The number of rotatable bonds is 1. The number of hydrogen-bond donors (Lipinski definition) is 1. The molecule has 0 fully saturated rings. The summed E-state index contributed by atoms with van der Waals surface area (Å²) in [4.78, 5) is 0. The van der Waals surface area contributed by atoms with Crippen molar-refractivity contribution in [3.05, 3.63) is 35.1 Å². The van der Waals surface area contributed by atoms with E-state index in [1.54, 1.807) is 0 Å². The molecule has 1 rings (SSSR count). The van der Waals surface area contributed by atoms with Gasteiger partial charge in [-0.05, 0) is 0 Å². The molecule has 0 aliphatic heterocycles. The van der Waals surface area contributed by atoms with E-state index in [9.17, 15) is 13.2 Å². The molecule has 11 heavy (non-hydrogen) atoms. The first kappa shape index (κ1) is 7.71. The second kappa shape index (κ2) is 2.69. The van der Waals surface area contributed by atoms with Crippen LogP contribution in [-0.4, -0.2) is 0 Å². The number of halogens is 3. The summed E-state index contributed by atoms with van der Waals surface area (Å²) in [5, 5.41) is 1.49. The van der Waals surface area contributed by atoms with Gasteiger partial charge in [0, 0.05) is 12.1 Å². The SMILES string of the molecule is [N-]=[NH+]c1cc(F)c(F)c(F)c1. The maximum absolute atomic E-state index is 12.3. The highest BCUT2D eigenvalue weighted by atomic mass is 19.2. The Morgan fingerprint density at radius 1 is 1.09 bits per heavy atom. The fourth-order valence-electron chi connectivity index (χ4n) is 0.620. The zero-order valence-electron chi connectivity index (χ0n) is 5.24. The van der Waals surface area contributed by atoms with Crippen molar-refractivity contribution < 1.29 is 18.3 Å². The van der Waals surface area contributed by atoms with Crippen molar-refractivity contribution in [2.45, 2.75) is 0 Å². The highest BCUT2D eigenvalue weighted by Gasteiger charge is 2.10. The van der Waals surface area contributed by atoms with E-state index in [0.29, 0.717) is 12.1 Å². The summed E-state index contributed by atoms with van der Waals surface area (Å²) in [6.07, 6.45) is 0. The lowest BCUT2D eigenvalue weighted by Gasteiger charge is -1.93.